The van der Waals surface area contributed by atoms with Gasteiger partial charge >= 0.3 is 5.69 Å². The summed E-state index contributed by atoms with van der Waals surface area (Å²) in [4.78, 5) is 38.4. The number of aromatic nitrogens is 2. The summed E-state index contributed by atoms with van der Waals surface area (Å²) in [6, 6.07) is 7.35. The zero-order valence-electron chi connectivity index (χ0n) is 9.27. The molecule has 0 aliphatic rings. The minimum absolute atomic E-state index is 0.0844. The van der Waals surface area contributed by atoms with Crippen molar-refractivity contribution >= 4 is 5.78 Å². The molecule has 2 aromatic rings. The fraction of sp³-hybridized carbons (Fsp3) is 0.0833. The van der Waals surface area contributed by atoms with Crippen LogP contribution < -0.4 is 11.2 Å². The molecule has 1 heterocycles. The van der Waals surface area contributed by atoms with Gasteiger partial charge in [-0.25, -0.2) is 4.79 Å². The number of aromatic amines is 2. The molecule has 3 N–H and O–H groups in total. The standard InChI is InChI=1S/C12H10N2O4/c15-6-7-2-1-3-8(4-7)11(17)9-5-10(16)14-12(18)13-9/h1-5,15H,6H2,(H2,13,14,16,18). The number of carbonyl (C=O) groups excluding carboxylic acids is 1. The predicted octanol–water partition coefficient (Wildman–Crippen LogP) is -0.214. The summed E-state index contributed by atoms with van der Waals surface area (Å²) in [5.41, 5.74) is -0.584. The first-order valence-corrected chi connectivity index (χ1v) is 5.18. The summed E-state index contributed by atoms with van der Waals surface area (Å²) in [5.74, 6) is -0.478. The van der Waals surface area contributed by atoms with Crippen LogP contribution in [-0.2, 0) is 6.61 Å². The lowest BCUT2D eigenvalue weighted by Crippen LogP contribution is -2.25. The summed E-state index contributed by atoms with van der Waals surface area (Å²) >= 11 is 0. The average molecular weight is 246 g/mol. The second-order valence-corrected chi connectivity index (χ2v) is 3.69. The second-order valence-electron chi connectivity index (χ2n) is 3.69. The maximum atomic E-state index is 12.0. The lowest BCUT2D eigenvalue weighted by Gasteiger charge is -2.02. The number of benzene rings is 1. The van der Waals surface area contributed by atoms with Crippen molar-refractivity contribution in [1.29, 1.82) is 0 Å². The van der Waals surface area contributed by atoms with Gasteiger partial charge in [-0.15, -0.1) is 0 Å². The minimum Gasteiger partial charge on any atom is -0.392 e. The Bertz CT molecular complexity index is 671. The third kappa shape index (κ3) is 2.44. The number of hydrogen-bond acceptors (Lipinski definition) is 4. The maximum Gasteiger partial charge on any atom is 0.326 e. The number of aliphatic hydroxyl groups excluding tert-OH is 1. The Hall–Kier alpha value is -2.47. The van der Waals surface area contributed by atoms with Gasteiger partial charge in [-0.2, -0.15) is 0 Å². The van der Waals surface area contributed by atoms with Crippen molar-refractivity contribution in [2.24, 2.45) is 0 Å². The Balaban J connectivity index is 2.47. The van der Waals surface area contributed by atoms with Gasteiger partial charge in [0.15, 0.2) is 0 Å². The molecule has 6 heteroatoms. The Morgan fingerprint density at radius 2 is 1.94 bits per heavy atom. The fourth-order valence-electron chi connectivity index (χ4n) is 1.56. The number of ketones is 1. The highest BCUT2D eigenvalue weighted by molar-refractivity contribution is 6.07. The van der Waals surface area contributed by atoms with Crippen LogP contribution >= 0.6 is 0 Å². The Kier molecular flexibility index (Phi) is 3.20. The van der Waals surface area contributed by atoms with Crippen LogP contribution in [0.3, 0.4) is 0 Å². The van der Waals surface area contributed by atoms with E-state index in [2.05, 4.69) is 4.98 Å². The largest absolute Gasteiger partial charge is 0.392 e. The zero-order valence-corrected chi connectivity index (χ0v) is 9.27. The molecule has 0 saturated heterocycles. The van der Waals surface area contributed by atoms with Gasteiger partial charge in [0, 0.05) is 11.6 Å². The van der Waals surface area contributed by atoms with Crippen molar-refractivity contribution in [3.63, 3.8) is 0 Å². The number of hydrogen-bond donors (Lipinski definition) is 3. The molecule has 0 atom stereocenters. The molecule has 6 nitrogen and oxygen atoms in total. The predicted molar refractivity (Wildman–Crippen MR) is 63.5 cm³/mol. The van der Waals surface area contributed by atoms with Crippen LogP contribution in [0.4, 0.5) is 0 Å². The van der Waals surface area contributed by atoms with Gasteiger partial charge < -0.3 is 10.1 Å². The maximum absolute atomic E-state index is 12.0. The normalized spacial score (nSPS) is 10.3. The van der Waals surface area contributed by atoms with Crippen LogP contribution in [0.25, 0.3) is 0 Å². The summed E-state index contributed by atoms with van der Waals surface area (Å²) in [6.07, 6.45) is 0. The molecule has 18 heavy (non-hydrogen) atoms. The van der Waals surface area contributed by atoms with E-state index in [4.69, 9.17) is 5.11 Å². The Labute approximate surface area is 101 Å². The number of nitrogens with one attached hydrogen (secondary N) is 2. The molecular formula is C12H10N2O4. The van der Waals surface area contributed by atoms with E-state index in [0.29, 0.717) is 11.1 Å². The van der Waals surface area contributed by atoms with Crippen molar-refractivity contribution in [3.05, 3.63) is 68.0 Å². The van der Waals surface area contributed by atoms with Crippen LogP contribution in [0.15, 0.2) is 39.9 Å². The van der Waals surface area contributed by atoms with E-state index in [9.17, 15) is 14.4 Å². The molecule has 0 saturated carbocycles. The molecule has 0 spiro atoms. The molecule has 0 unspecified atom stereocenters. The highest BCUT2D eigenvalue weighted by Gasteiger charge is 2.11. The topological polar surface area (TPSA) is 103 Å². The van der Waals surface area contributed by atoms with Gasteiger partial charge in [0.05, 0.1) is 12.3 Å². The van der Waals surface area contributed by atoms with E-state index in [-0.39, 0.29) is 12.3 Å². The molecule has 0 aliphatic heterocycles. The van der Waals surface area contributed by atoms with Crippen molar-refractivity contribution in [3.8, 4) is 0 Å². The highest BCUT2D eigenvalue weighted by Crippen LogP contribution is 2.08. The average Bonchev–Trinajstić information content (AvgIpc) is 2.37. The number of rotatable bonds is 3. The summed E-state index contributed by atoms with van der Waals surface area (Å²) in [7, 11) is 0. The first-order valence-electron chi connectivity index (χ1n) is 5.18. The van der Waals surface area contributed by atoms with E-state index in [1.54, 1.807) is 18.2 Å². The third-order valence-electron chi connectivity index (χ3n) is 2.38. The van der Waals surface area contributed by atoms with Crippen LogP contribution in [0.2, 0.25) is 0 Å². The van der Waals surface area contributed by atoms with Crippen LogP contribution in [-0.4, -0.2) is 20.9 Å². The van der Waals surface area contributed by atoms with Gasteiger partial charge in [-0.1, -0.05) is 18.2 Å². The van der Waals surface area contributed by atoms with Crippen molar-refractivity contribution < 1.29 is 9.90 Å². The highest BCUT2D eigenvalue weighted by atomic mass is 16.3. The Morgan fingerprint density at radius 3 is 2.61 bits per heavy atom. The smallest absolute Gasteiger partial charge is 0.326 e. The van der Waals surface area contributed by atoms with Crippen molar-refractivity contribution in [2.45, 2.75) is 6.61 Å². The number of aliphatic hydroxyl groups is 1. The van der Waals surface area contributed by atoms with E-state index in [1.807, 2.05) is 4.98 Å². The fourth-order valence-corrected chi connectivity index (χ4v) is 1.56. The first kappa shape index (κ1) is 12.0. The minimum atomic E-state index is -0.732. The van der Waals surface area contributed by atoms with Crippen LogP contribution in [0, 0.1) is 0 Å². The number of carbonyl (C=O) groups is 1. The molecule has 0 radical (unpaired) electrons. The van der Waals surface area contributed by atoms with E-state index in [0.717, 1.165) is 6.07 Å². The molecule has 0 fully saturated rings. The second kappa shape index (κ2) is 4.80. The summed E-state index contributed by atoms with van der Waals surface area (Å²) in [6.45, 7) is -0.187. The lowest BCUT2D eigenvalue weighted by atomic mass is 10.1. The quantitative estimate of drug-likeness (QED) is 0.652. The molecule has 0 aliphatic carbocycles. The van der Waals surface area contributed by atoms with Gasteiger partial charge in [-0.3, -0.25) is 14.6 Å². The molecule has 92 valence electrons. The van der Waals surface area contributed by atoms with Gasteiger partial charge in [0.1, 0.15) is 0 Å². The molecular weight excluding hydrogens is 236 g/mol. The SMILES string of the molecule is O=C(c1cccc(CO)c1)c1cc(=O)[nH]c(=O)[nH]1. The third-order valence-corrected chi connectivity index (χ3v) is 2.38. The molecule has 0 bridgehead atoms. The van der Waals surface area contributed by atoms with Crippen molar-refractivity contribution in [1.82, 2.24) is 9.97 Å². The van der Waals surface area contributed by atoms with Gasteiger partial charge in [-0.05, 0) is 11.6 Å². The van der Waals surface area contributed by atoms with E-state index < -0.39 is 17.0 Å². The van der Waals surface area contributed by atoms with Crippen LogP contribution in [0.1, 0.15) is 21.6 Å². The molecule has 2 rings (SSSR count). The monoisotopic (exact) mass is 246 g/mol. The zero-order chi connectivity index (χ0) is 13.1. The number of H-pyrrole nitrogens is 2. The Morgan fingerprint density at radius 1 is 1.17 bits per heavy atom. The van der Waals surface area contributed by atoms with Crippen LogP contribution in [0.5, 0.6) is 0 Å². The van der Waals surface area contributed by atoms with Gasteiger partial charge in [0.25, 0.3) is 5.56 Å². The first-order chi connectivity index (χ1) is 8.60. The van der Waals surface area contributed by atoms with E-state index in [1.165, 1.54) is 6.07 Å². The van der Waals surface area contributed by atoms with Crippen molar-refractivity contribution in [2.75, 3.05) is 0 Å². The molecule has 1 aromatic heterocycles. The molecule has 1 aromatic carbocycles. The molecule has 0 amide bonds. The lowest BCUT2D eigenvalue weighted by molar-refractivity contribution is 0.103. The van der Waals surface area contributed by atoms with E-state index >= 15 is 0 Å². The van der Waals surface area contributed by atoms with Gasteiger partial charge in [0.2, 0.25) is 5.78 Å². The summed E-state index contributed by atoms with van der Waals surface area (Å²) < 4.78 is 0. The summed E-state index contributed by atoms with van der Waals surface area (Å²) in [5, 5.41) is 8.98.